The Bertz CT molecular complexity index is 893. The van der Waals surface area contributed by atoms with E-state index in [2.05, 4.69) is 15.0 Å². The molecule has 3 heterocycles. The molecule has 1 amide bonds. The van der Waals surface area contributed by atoms with Crippen molar-refractivity contribution in [2.45, 2.75) is 0 Å². The lowest BCUT2D eigenvalue weighted by atomic mass is 10.3. The van der Waals surface area contributed by atoms with Crippen LogP contribution in [0.2, 0.25) is 0 Å². The van der Waals surface area contributed by atoms with Crippen molar-refractivity contribution in [2.24, 2.45) is 0 Å². The minimum atomic E-state index is -0.398. The molecule has 0 spiro atoms. The molecule has 1 fully saturated rings. The number of thiazole rings is 1. The largest absolute Gasteiger partial charge is 0.379 e. The predicted molar refractivity (Wildman–Crippen MR) is 95.0 cm³/mol. The summed E-state index contributed by atoms with van der Waals surface area (Å²) in [7, 11) is 0. The van der Waals surface area contributed by atoms with Gasteiger partial charge in [0.1, 0.15) is 11.3 Å². The summed E-state index contributed by atoms with van der Waals surface area (Å²) < 4.78 is 25.1. The number of hydrogen-bond acceptors (Lipinski definition) is 7. The van der Waals surface area contributed by atoms with Crippen molar-refractivity contribution in [1.82, 2.24) is 15.0 Å². The van der Waals surface area contributed by atoms with Gasteiger partial charge in [0, 0.05) is 32.2 Å². The van der Waals surface area contributed by atoms with Crippen LogP contribution in [0.3, 0.4) is 0 Å². The van der Waals surface area contributed by atoms with E-state index in [9.17, 15) is 9.18 Å². The van der Waals surface area contributed by atoms with Crippen LogP contribution in [0, 0.1) is 5.82 Å². The first-order chi connectivity index (χ1) is 12.7. The number of ether oxygens (including phenoxy) is 1. The number of carbonyl (C=O) groups excluding carboxylic acids is 1. The Morgan fingerprint density at radius 2 is 2.15 bits per heavy atom. The fourth-order valence-electron chi connectivity index (χ4n) is 2.83. The number of carbonyl (C=O) groups is 1. The highest BCUT2D eigenvalue weighted by atomic mass is 32.1. The summed E-state index contributed by atoms with van der Waals surface area (Å²) >= 11 is 1.28. The van der Waals surface area contributed by atoms with E-state index in [0.29, 0.717) is 36.1 Å². The van der Waals surface area contributed by atoms with Gasteiger partial charge in [0.15, 0.2) is 5.13 Å². The van der Waals surface area contributed by atoms with E-state index < -0.39 is 5.82 Å². The molecule has 136 valence electrons. The average Bonchev–Trinajstić information content (AvgIpc) is 3.33. The van der Waals surface area contributed by atoms with E-state index in [0.717, 1.165) is 13.1 Å². The van der Waals surface area contributed by atoms with Crippen molar-refractivity contribution in [3.8, 4) is 0 Å². The van der Waals surface area contributed by atoms with Gasteiger partial charge < -0.3 is 9.26 Å². The number of benzene rings is 1. The van der Waals surface area contributed by atoms with Crippen LogP contribution < -0.4 is 4.90 Å². The van der Waals surface area contributed by atoms with Crippen molar-refractivity contribution < 1.29 is 18.4 Å². The molecule has 0 radical (unpaired) electrons. The Labute approximate surface area is 153 Å². The van der Waals surface area contributed by atoms with Crippen LogP contribution in [-0.4, -0.2) is 60.3 Å². The maximum absolute atomic E-state index is 14.0. The smallest absolute Gasteiger partial charge is 0.298 e. The van der Waals surface area contributed by atoms with Gasteiger partial charge in [-0.3, -0.25) is 14.6 Å². The zero-order valence-electron chi connectivity index (χ0n) is 13.9. The van der Waals surface area contributed by atoms with Crippen molar-refractivity contribution >= 4 is 32.6 Å². The average molecular weight is 376 g/mol. The van der Waals surface area contributed by atoms with Crippen LogP contribution in [-0.2, 0) is 4.74 Å². The maximum Gasteiger partial charge on any atom is 0.298 e. The number of halogens is 1. The van der Waals surface area contributed by atoms with Gasteiger partial charge in [-0.25, -0.2) is 9.37 Å². The van der Waals surface area contributed by atoms with Crippen LogP contribution in [0.1, 0.15) is 10.6 Å². The van der Waals surface area contributed by atoms with Crippen LogP contribution in [0.4, 0.5) is 9.52 Å². The minimum absolute atomic E-state index is 0.131. The molecule has 0 N–H and O–H groups in total. The maximum atomic E-state index is 14.0. The monoisotopic (exact) mass is 376 g/mol. The highest BCUT2D eigenvalue weighted by Gasteiger charge is 2.25. The summed E-state index contributed by atoms with van der Waals surface area (Å²) in [6.45, 7) is 4.09. The number of fused-ring (bicyclic) bond motifs is 1. The SMILES string of the molecule is O=C(c1ccno1)N(CCN1CCOCC1)c1nc2c(F)cccc2s1. The Hall–Kier alpha value is -2.36. The number of rotatable bonds is 5. The summed E-state index contributed by atoms with van der Waals surface area (Å²) in [4.78, 5) is 21.0. The zero-order chi connectivity index (χ0) is 17.9. The van der Waals surface area contributed by atoms with Gasteiger partial charge in [0.25, 0.3) is 5.91 Å². The molecule has 0 bridgehead atoms. The summed E-state index contributed by atoms with van der Waals surface area (Å²) in [6, 6.07) is 6.30. The first-order valence-electron chi connectivity index (χ1n) is 8.30. The van der Waals surface area contributed by atoms with Crippen LogP contribution in [0.25, 0.3) is 10.2 Å². The number of amides is 1. The first-order valence-corrected chi connectivity index (χ1v) is 9.12. The molecule has 7 nitrogen and oxygen atoms in total. The number of anilines is 1. The third-order valence-corrected chi connectivity index (χ3v) is 5.27. The lowest BCUT2D eigenvalue weighted by Crippen LogP contribution is -2.43. The minimum Gasteiger partial charge on any atom is -0.379 e. The molecule has 0 atom stereocenters. The molecule has 0 aliphatic carbocycles. The number of para-hydroxylation sites is 1. The summed E-state index contributed by atoms with van der Waals surface area (Å²) in [5.41, 5.74) is 0.272. The van der Waals surface area contributed by atoms with E-state index in [1.807, 2.05) is 0 Å². The third-order valence-electron chi connectivity index (χ3n) is 4.23. The van der Waals surface area contributed by atoms with Gasteiger partial charge in [0.05, 0.1) is 24.1 Å². The summed E-state index contributed by atoms with van der Waals surface area (Å²) in [5.74, 6) is -0.604. The molecule has 2 aromatic heterocycles. The molecule has 0 unspecified atom stereocenters. The second-order valence-corrected chi connectivity index (χ2v) is 6.88. The topological polar surface area (TPSA) is 71.7 Å². The van der Waals surface area contributed by atoms with Crippen molar-refractivity contribution in [1.29, 1.82) is 0 Å². The van der Waals surface area contributed by atoms with Crippen LogP contribution in [0.5, 0.6) is 0 Å². The number of nitrogens with zero attached hydrogens (tertiary/aromatic N) is 4. The van der Waals surface area contributed by atoms with Gasteiger partial charge in [-0.15, -0.1) is 0 Å². The Kier molecular flexibility index (Phi) is 4.91. The number of hydrogen-bond donors (Lipinski definition) is 0. The van der Waals surface area contributed by atoms with Gasteiger partial charge >= 0.3 is 0 Å². The third kappa shape index (κ3) is 3.46. The lowest BCUT2D eigenvalue weighted by Gasteiger charge is -2.28. The molecule has 1 saturated heterocycles. The number of morpholine rings is 1. The molecule has 0 saturated carbocycles. The Morgan fingerprint density at radius 1 is 1.31 bits per heavy atom. The van der Waals surface area contributed by atoms with E-state index >= 15 is 0 Å². The molecule has 1 aliphatic rings. The molecular weight excluding hydrogens is 359 g/mol. The second-order valence-electron chi connectivity index (χ2n) is 5.87. The van der Waals surface area contributed by atoms with Crippen molar-refractivity contribution in [3.63, 3.8) is 0 Å². The molecule has 4 rings (SSSR count). The standard InChI is InChI=1S/C17H17FN4O3S/c18-12-2-1-3-14-15(12)20-17(26-14)22(16(23)13-4-5-19-25-13)7-6-21-8-10-24-11-9-21/h1-5H,6-11H2. The van der Waals surface area contributed by atoms with Gasteiger partial charge in [-0.2, -0.15) is 0 Å². The van der Waals surface area contributed by atoms with Crippen molar-refractivity contribution in [3.05, 3.63) is 42.0 Å². The first kappa shape index (κ1) is 17.1. The van der Waals surface area contributed by atoms with Crippen molar-refractivity contribution in [2.75, 3.05) is 44.3 Å². The van der Waals surface area contributed by atoms with E-state index in [-0.39, 0.29) is 17.2 Å². The van der Waals surface area contributed by atoms with Crippen LogP contribution in [0.15, 0.2) is 35.0 Å². The molecule has 1 aromatic carbocycles. The van der Waals surface area contributed by atoms with Gasteiger partial charge in [-0.1, -0.05) is 22.6 Å². The van der Waals surface area contributed by atoms with E-state index in [1.165, 1.54) is 34.6 Å². The highest BCUT2D eigenvalue weighted by molar-refractivity contribution is 7.22. The summed E-state index contributed by atoms with van der Waals surface area (Å²) in [6.07, 6.45) is 1.42. The Morgan fingerprint density at radius 3 is 2.88 bits per heavy atom. The predicted octanol–water partition coefficient (Wildman–Crippen LogP) is 2.40. The lowest BCUT2D eigenvalue weighted by molar-refractivity contribution is 0.0390. The summed E-state index contributed by atoms with van der Waals surface area (Å²) in [5, 5.41) is 4.04. The molecule has 3 aromatic rings. The van der Waals surface area contributed by atoms with Crippen LogP contribution >= 0.6 is 11.3 Å². The van der Waals surface area contributed by atoms with E-state index in [1.54, 1.807) is 12.1 Å². The zero-order valence-corrected chi connectivity index (χ0v) is 14.7. The quantitative estimate of drug-likeness (QED) is 0.681. The Balaban J connectivity index is 1.62. The van der Waals surface area contributed by atoms with Gasteiger partial charge in [0.2, 0.25) is 5.76 Å². The molecule has 26 heavy (non-hydrogen) atoms. The van der Waals surface area contributed by atoms with E-state index in [4.69, 9.17) is 9.26 Å². The fourth-order valence-corrected chi connectivity index (χ4v) is 3.83. The number of aromatic nitrogens is 2. The fraction of sp³-hybridized carbons (Fsp3) is 0.353. The molecule has 9 heteroatoms. The highest BCUT2D eigenvalue weighted by Crippen LogP contribution is 2.31. The molecule has 1 aliphatic heterocycles. The normalized spacial score (nSPS) is 15.4. The second kappa shape index (κ2) is 7.48. The molecular formula is C17H17FN4O3S. The van der Waals surface area contributed by atoms with Gasteiger partial charge in [-0.05, 0) is 12.1 Å².